The summed E-state index contributed by atoms with van der Waals surface area (Å²) in [5, 5.41) is 0.0460. The number of amides is 1. The number of hydrogen-bond acceptors (Lipinski definition) is 2. The van der Waals surface area contributed by atoms with Crippen LogP contribution in [0, 0.1) is 0 Å². The van der Waals surface area contributed by atoms with E-state index in [1.165, 1.54) is 5.56 Å². The summed E-state index contributed by atoms with van der Waals surface area (Å²) in [6.07, 6.45) is 0. The van der Waals surface area contributed by atoms with Gasteiger partial charge in [0.25, 0.3) is 0 Å². The molecule has 1 aliphatic rings. The van der Waals surface area contributed by atoms with Gasteiger partial charge in [-0.25, -0.2) is 0 Å². The van der Waals surface area contributed by atoms with E-state index in [9.17, 15) is 4.79 Å². The third-order valence-electron chi connectivity index (χ3n) is 4.18. The van der Waals surface area contributed by atoms with Gasteiger partial charge in [-0.3, -0.25) is 9.69 Å². The molecule has 118 valence electrons. The molecule has 24 heavy (non-hydrogen) atoms. The molecular weight excluding hydrogens is 314 g/mol. The predicted molar refractivity (Wildman–Crippen MR) is 101 cm³/mol. The number of carbonyl (C=O) groups excluding carboxylic acids is 1. The average molecular weight is 331 g/mol. The lowest BCUT2D eigenvalue weighted by Crippen LogP contribution is -2.27. The Morgan fingerprint density at radius 1 is 0.792 bits per heavy atom. The molecule has 1 atom stereocenters. The van der Waals surface area contributed by atoms with Crippen LogP contribution in [0.3, 0.4) is 0 Å². The highest BCUT2D eigenvalue weighted by atomic mass is 32.2. The van der Waals surface area contributed by atoms with Gasteiger partial charge in [0, 0.05) is 5.69 Å². The molecule has 0 N–H and O–H groups in total. The summed E-state index contributed by atoms with van der Waals surface area (Å²) in [6.45, 7) is 0. The smallest absolute Gasteiger partial charge is 0.238 e. The molecule has 0 spiro atoms. The van der Waals surface area contributed by atoms with E-state index in [2.05, 4.69) is 36.4 Å². The third-order valence-corrected chi connectivity index (χ3v) is 5.40. The van der Waals surface area contributed by atoms with E-state index in [1.807, 2.05) is 53.4 Å². The first kappa shape index (κ1) is 15.0. The van der Waals surface area contributed by atoms with Gasteiger partial charge in [0.05, 0.1) is 5.75 Å². The van der Waals surface area contributed by atoms with Crippen LogP contribution in [0.15, 0.2) is 84.9 Å². The number of thioether (sulfide) groups is 1. The minimum atomic E-state index is 0.0460. The first-order chi connectivity index (χ1) is 11.8. The van der Waals surface area contributed by atoms with Gasteiger partial charge in [-0.2, -0.15) is 0 Å². The first-order valence-electron chi connectivity index (χ1n) is 7.97. The molecule has 3 aromatic carbocycles. The van der Waals surface area contributed by atoms with Gasteiger partial charge in [-0.1, -0.05) is 72.8 Å². The number of nitrogens with zero attached hydrogens (tertiary/aromatic N) is 1. The topological polar surface area (TPSA) is 20.3 Å². The largest absolute Gasteiger partial charge is 0.295 e. The maximum Gasteiger partial charge on any atom is 0.238 e. The highest BCUT2D eigenvalue weighted by molar-refractivity contribution is 8.00. The van der Waals surface area contributed by atoms with Crippen molar-refractivity contribution in [3.05, 3.63) is 90.5 Å². The van der Waals surface area contributed by atoms with Crippen LogP contribution in [0.2, 0.25) is 0 Å². The molecule has 1 fully saturated rings. The Hall–Kier alpha value is -2.52. The number of rotatable bonds is 3. The zero-order chi connectivity index (χ0) is 16.4. The first-order valence-corrected chi connectivity index (χ1v) is 9.02. The lowest BCUT2D eigenvalue weighted by Gasteiger charge is -2.25. The van der Waals surface area contributed by atoms with E-state index in [4.69, 9.17) is 0 Å². The van der Waals surface area contributed by atoms with E-state index in [-0.39, 0.29) is 11.3 Å². The maximum atomic E-state index is 12.5. The van der Waals surface area contributed by atoms with E-state index < -0.39 is 0 Å². The summed E-state index contributed by atoms with van der Waals surface area (Å²) in [6, 6.07) is 28.7. The van der Waals surface area contributed by atoms with Crippen molar-refractivity contribution in [3.8, 4) is 11.1 Å². The van der Waals surface area contributed by atoms with Crippen molar-refractivity contribution in [3.63, 3.8) is 0 Å². The van der Waals surface area contributed by atoms with Crippen LogP contribution in [0.5, 0.6) is 0 Å². The van der Waals surface area contributed by atoms with E-state index in [1.54, 1.807) is 11.8 Å². The standard InChI is InChI=1S/C21H17NOS/c23-20-15-24-21(17-10-5-2-6-11-17)22(20)19-13-7-12-18(14-19)16-8-3-1-4-9-16/h1-14,21H,15H2. The fraction of sp³-hybridized carbons (Fsp3) is 0.0952. The highest BCUT2D eigenvalue weighted by Crippen LogP contribution is 2.42. The van der Waals surface area contributed by atoms with Gasteiger partial charge in [-0.05, 0) is 28.8 Å². The van der Waals surface area contributed by atoms with Crippen LogP contribution in [0.25, 0.3) is 11.1 Å². The maximum absolute atomic E-state index is 12.5. The van der Waals surface area contributed by atoms with Gasteiger partial charge >= 0.3 is 0 Å². The van der Waals surface area contributed by atoms with E-state index >= 15 is 0 Å². The second kappa shape index (κ2) is 6.54. The summed E-state index contributed by atoms with van der Waals surface area (Å²) in [5.74, 6) is 0.689. The Morgan fingerprint density at radius 2 is 1.46 bits per heavy atom. The molecule has 0 saturated carbocycles. The Bertz CT molecular complexity index is 848. The van der Waals surface area contributed by atoms with Crippen LogP contribution in [-0.4, -0.2) is 11.7 Å². The van der Waals surface area contributed by atoms with Crippen molar-refractivity contribution in [2.45, 2.75) is 5.37 Å². The van der Waals surface area contributed by atoms with Crippen molar-refractivity contribution < 1.29 is 4.79 Å². The summed E-state index contributed by atoms with van der Waals surface area (Å²) < 4.78 is 0. The Morgan fingerprint density at radius 3 is 2.21 bits per heavy atom. The average Bonchev–Trinajstić information content (AvgIpc) is 3.05. The quantitative estimate of drug-likeness (QED) is 0.663. The molecule has 1 aliphatic heterocycles. The minimum absolute atomic E-state index is 0.0460. The molecule has 4 rings (SSSR count). The fourth-order valence-corrected chi connectivity index (χ4v) is 4.21. The molecule has 0 aliphatic carbocycles. The number of hydrogen-bond donors (Lipinski definition) is 0. The van der Waals surface area contributed by atoms with Crippen molar-refractivity contribution >= 4 is 23.4 Å². The lowest BCUT2D eigenvalue weighted by molar-refractivity contribution is -0.115. The molecular formula is C21H17NOS. The van der Waals surface area contributed by atoms with Crippen LogP contribution in [-0.2, 0) is 4.79 Å². The Labute approximate surface area is 146 Å². The SMILES string of the molecule is O=C1CSC(c2ccccc2)N1c1cccc(-c2ccccc2)c1. The van der Waals surface area contributed by atoms with Crippen LogP contribution in [0.4, 0.5) is 5.69 Å². The molecule has 1 unspecified atom stereocenters. The minimum Gasteiger partial charge on any atom is -0.295 e. The number of carbonyl (C=O) groups is 1. The fourth-order valence-electron chi connectivity index (χ4n) is 3.03. The lowest BCUT2D eigenvalue weighted by atomic mass is 10.0. The van der Waals surface area contributed by atoms with Crippen molar-refractivity contribution in [2.75, 3.05) is 10.7 Å². The molecule has 3 aromatic rings. The number of anilines is 1. The van der Waals surface area contributed by atoms with Gasteiger partial charge in [0.1, 0.15) is 5.37 Å². The van der Waals surface area contributed by atoms with Gasteiger partial charge < -0.3 is 0 Å². The number of benzene rings is 3. The Balaban J connectivity index is 1.73. The summed E-state index contributed by atoms with van der Waals surface area (Å²) in [4.78, 5) is 14.4. The van der Waals surface area contributed by atoms with Crippen molar-refractivity contribution in [2.24, 2.45) is 0 Å². The van der Waals surface area contributed by atoms with Gasteiger partial charge in [-0.15, -0.1) is 11.8 Å². The molecule has 2 nitrogen and oxygen atoms in total. The van der Waals surface area contributed by atoms with Gasteiger partial charge in [0.2, 0.25) is 5.91 Å². The van der Waals surface area contributed by atoms with Crippen molar-refractivity contribution in [1.29, 1.82) is 0 Å². The van der Waals surface area contributed by atoms with Gasteiger partial charge in [0.15, 0.2) is 0 Å². The molecule has 0 aromatic heterocycles. The second-order valence-corrected chi connectivity index (χ2v) is 6.82. The molecule has 0 radical (unpaired) electrons. The normalized spacial score (nSPS) is 17.2. The van der Waals surface area contributed by atoms with Crippen LogP contribution >= 0.6 is 11.8 Å². The zero-order valence-corrected chi connectivity index (χ0v) is 13.9. The summed E-state index contributed by atoms with van der Waals surface area (Å²) in [5.41, 5.74) is 4.41. The summed E-state index contributed by atoms with van der Waals surface area (Å²) in [7, 11) is 0. The van der Waals surface area contributed by atoms with Crippen LogP contribution < -0.4 is 4.90 Å². The third kappa shape index (κ3) is 2.83. The van der Waals surface area contributed by atoms with Crippen LogP contribution in [0.1, 0.15) is 10.9 Å². The van der Waals surface area contributed by atoms with E-state index in [0.29, 0.717) is 5.75 Å². The summed E-state index contributed by atoms with van der Waals surface area (Å²) >= 11 is 1.68. The molecule has 1 amide bonds. The molecule has 1 saturated heterocycles. The molecule has 3 heteroatoms. The molecule has 0 bridgehead atoms. The zero-order valence-electron chi connectivity index (χ0n) is 13.1. The predicted octanol–water partition coefficient (Wildman–Crippen LogP) is 5.13. The monoisotopic (exact) mass is 331 g/mol. The second-order valence-electron chi connectivity index (χ2n) is 5.75. The highest BCUT2D eigenvalue weighted by Gasteiger charge is 2.33. The van der Waals surface area contributed by atoms with Crippen molar-refractivity contribution in [1.82, 2.24) is 0 Å². The Kier molecular flexibility index (Phi) is 4.09. The van der Waals surface area contributed by atoms with E-state index in [0.717, 1.165) is 16.8 Å². The molecule has 1 heterocycles.